The van der Waals surface area contributed by atoms with Gasteiger partial charge in [0.1, 0.15) is 11.1 Å². The van der Waals surface area contributed by atoms with Crippen LogP contribution in [0.3, 0.4) is 0 Å². The van der Waals surface area contributed by atoms with E-state index in [1.165, 1.54) is 0 Å². The first-order valence-corrected chi connectivity index (χ1v) is 8.35. The minimum Gasteiger partial charge on any atom is -0.481 e. The molecule has 1 aliphatic carbocycles. The molecule has 0 radical (unpaired) electrons. The van der Waals surface area contributed by atoms with E-state index in [1.807, 2.05) is 0 Å². The van der Waals surface area contributed by atoms with Crippen molar-refractivity contribution in [1.29, 1.82) is 0 Å². The smallest absolute Gasteiger partial charge is 0.408 e. The van der Waals surface area contributed by atoms with Crippen LogP contribution in [-0.4, -0.2) is 38.8 Å². The van der Waals surface area contributed by atoms with Gasteiger partial charge < -0.3 is 19.7 Å². The van der Waals surface area contributed by atoms with Crippen LogP contribution in [0.1, 0.15) is 64.6 Å². The summed E-state index contributed by atoms with van der Waals surface area (Å²) < 4.78 is 37.5. The second-order valence-electron chi connectivity index (χ2n) is 7.47. The zero-order valence-electron chi connectivity index (χ0n) is 15.0. The maximum atomic E-state index is 13.6. The number of aliphatic carboxylic acids is 1. The highest BCUT2D eigenvalue weighted by Crippen LogP contribution is 2.43. The van der Waals surface area contributed by atoms with Gasteiger partial charge in [0, 0.05) is 19.3 Å². The fourth-order valence-electron chi connectivity index (χ4n) is 2.71. The van der Waals surface area contributed by atoms with Crippen LogP contribution in [0.4, 0.5) is 13.6 Å². The number of rotatable bonds is 5. The Morgan fingerprint density at radius 2 is 1.88 bits per heavy atom. The number of alkyl halides is 2. The Bertz CT molecular complexity index is 659. The van der Waals surface area contributed by atoms with Crippen LogP contribution in [0.25, 0.3) is 0 Å². The summed E-state index contributed by atoms with van der Waals surface area (Å²) >= 11 is 0. The van der Waals surface area contributed by atoms with Crippen molar-refractivity contribution in [3.05, 3.63) is 11.7 Å². The molecule has 1 heterocycles. The van der Waals surface area contributed by atoms with E-state index < -0.39 is 42.0 Å². The molecule has 2 N–H and O–H groups in total. The zero-order valence-corrected chi connectivity index (χ0v) is 15.0. The summed E-state index contributed by atoms with van der Waals surface area (Å²) in [6.07, 6.45) is -2.01. The molecule has 0 saturated heterocycles. The highest BCUT2D eigenvalue weighted by Gasteiger charge is 2.48. The summed E-state index contributed by atoms with van der Waals surface area (Å²) in [7, 11) is 0. The number of carboxylic acid groups (broad SMARTS) is 1. The normalized spacial score (nSPS) is 19.0. The van der Waals surface area contributed by atoms with Crippen molar-refractivity contribution in [3.63, 3.8) is 0 Å². The first kappa shape index (κ1) is 20.1. The van der Waals surface area contributed by atoms with E-state index >= 15 is 0 Å². The van der Waals surface area contributed by atoms with Crippen LogP contribution in [0.5, 0.6) is 0 Å². The van der Waals surface area contributed by atoms with Crippen LogP contribution >= 0.6 is 0 Å². The minimum atomic E-state index is -2.82. The molecule has 0 bridgehead atoms. The predicted molar refractivity (Wildman–Crippen MR) is 84.7 cm³/mol. The van der Waals surface area contributed by atoms with Gasteiger partial charge in [-0.3, -0.25) is 4.79 Å². The highest BCUT2D eigenvalue weighted by atomic mass is 19.3. The molecule has 146 valence electrons. The van der Waals surface area contributed by atoms with E-state index in [2.05, 4.69) is 15.5 Å². The van der Waals surface area contributed by atoms with Crippen LogP contribution in [0.2, 0.25) is 0 Å². The Balaban J connectivity index is 2.21. The van der Waals surface area contributed by atoms with Gasteiger partial charge in [-0.15, -0.1) is 0 Å². The Kier molecular flexibility index (Phi) is 5.52. The summed E-state index contributed by atoms with van der Waals surface area (Å²) in [5, 5.41) is 15.1. The Morgan fingerprint density at radius 1 is 1.27 bits per heavy atom. The second kappa shape index (κ2) is 7.16. The quantitative estimate of drug-likeness (QED) is 0.813. The lowest BCUT2D eigenvalue weighted by atomic mass is 9.79. The SMILES string of the molecule is CC(C)(C)OC(=O)NC1(c2noc(CCC(=O)O)n2)CCC(F)(F)CC1. The molecule has 26 heavy (non-hydrogen) atoms. The van der Waals surface area contributed by atoms with Crippen LogP contribution in [-0.2, 0) is 21.5 Å². The lowest BCUT2D eigenvalue weighted by Gasteiger charge is -2.38. The highest BCUT2D eigenvalue weighted by molar-refractivity contribution is 5.69. The number of aromatic nitrogens is 2. The number of ether oxygens (including phenoxy) is 1. The molecule has 0 atom stereocenters. The standard InChI is InChI=1S/C16H23F2N3O5/c1-14(2,3)25-13(24)20-15(6-8-16(17,18)9-7-15)12-19-10(26-21-12)4-5-11(22)23/h4-9H2,1-3H3,(H,20,24)(H,22,23). The molecule has 0 unspecified atom stereocenters. The second-order valence-corrected chi connectivity index (χ2v) is 7.47. The average molecular weight is 375 g/mol. The number of hydrogen-bond donors (Lipinski definition) is 2. The van der Waals surface area contributed by atoms with Crippen molar-refractivity contribution in [2.75, 3.05) is 0 Å². The molecule has 1 aliphatic rings. The lowest BCUT2D eigenvalue weighted by molar-refractivity contribution is -0.137. The number of halogens is 2. The number of carboxylic acids is 1. The van der Waals surface area contributed by atoms with Crippen molar-refractivity contribution < 1.29 is 32.7 Å². The fourth-order valence-corrected chi connectivity index (χ4v) is 2.71. The maximum Gasteiger partial charge on any atom is 0.408 e. The van der Waals surface area contributed by atoms with Gasteiger partial charge in [0.15, 0.2) is 5.82 Å². The molecule has 0 aliphatic heterocycles. The largest absolute Gasteiger partial charge is 0.481 e. The fraction of sp³-hybridized carbons (Fsp3) is 0.750. The van der Waals surface area contributed by atoms with Crippen molar-refractivity contribution in [2.24, 2.45) is 0 Å². The van der Waals surface area contributed by atoms with E-state index in [0.717, 1.165) is 0 Å². The number of alkyl carbamates (subject to hydrolysis) is 1. The summed E-state index contributed by atoms with van der Waals surface area (Å²) in [6, 6.07) is 0. The summed E-state index contributed by atoms with van der Waals surface area (Å²) in [5.74, 6) is -3.72. The molecular formula is C16H23F2N3O5. The third-order valence-corrected chi connectivity index (χ3v) is 4.02. The first-order chi connectivity index (χ1) is 11.9. The zero-order chi connectivity index (χ0) is 19.6. The molecule has 0 aromatic carbocycles. The summed E-state index contributed by atoms with van der Waals surface area (Å²) in [6.45, 7) is 5.06. The average Bonchev–Trinajstić information content (AvgIpc) is 2.95. The van der Waals surface area contributed by atoms with Crippen molar-refractivity contribution in [2.45, 2.75) is 76.4 Å². The molecule has 1 amide bonds. The van der Waals surface area contributed by atoms with E-state index in [9.17, 15) is 18.4 Å². The number of hydrogen-bond acceptors (Lipinski definition) is 6. The van der Waals surface area contributed by atoms with E-state index in [4.69, 9.17) is 14.4 Å². The maximum absolute atomic E-state index is 13.6. The molecule has 10 heteroatoms. The van der Waals surface area contributed by atoms with Crippen molar-refractivity contribution in [1.82, 2.24) is 15.5 Å². The molecular weight excluding hydrogens is 352 g/mol. The van der Waals surface area contributed by atoms with Gasteiger partial charge in [-0.25, -0.2) is 13.6 Å². The van der Waals surface area contributed by atoms with E-state index in [-0.39, 0.29) is 37.4 Å². The predicted octanol–water partition coefficient (Wildman–Crippen LogP) is 3.02. The minimum absolute atomic E-state index is 0.0149. The van der Waals surface area contributed by atoms with Crippen molar-refractivity contribution in [3.8, 4) is 0 Å². The van der Waals surface area contributed by atoms with E-state index in [0.29, 0.717) is 0 Å². The van der Waals surface area contributed by atoms with Crippen LogP contribution in [0, 0.1) is 0 Å². The van der Waals surface area contributed by atoms with Crippen LogP contribution in [0.15, 0.2) is 4.52 Å². The van der Waals surface area contributed by atoms with Gasteiger partial charge in [-0.05, 0) is 33.6 Å². The Labute approximate surface area is 149 Å². The summed E-state index contributed by atoms with van der Waals surface area (Å²) in [5.41, 5.74) is -2.00. The van der Waals surface area contributed by atoms with Crippen molar-refractivity contribution >= 4 is 12.1 Å². The number of amides is 1. The lowest BCUT2D eigenvalue weighted by Crippen LogP contribution is -2.52. The third-order valence-electron chi connectivity index (χ3n) is 4.02. The molecule has 1 aromatic rings. The number of carbonyl (C=O) groups is 2. The molecule has 0 spiro atoms. The number of aryl methyl sites for hydroxylation is 1. The van der Waals surface area contributed by atoms with Gasteiger partial charge in [-0.1, -0.05) is 5.16 Å². The number of carbonyl (C=O) groups excluding carboxylic acids is 1. The number of nitrogens with zero attached hydrogens (tertiary/aromatic N) is 2. The topological polar surface area (TPSA) is 115 Å². The van der Waals surface area contributed by atoms with Gasteiger partial charge in [0.05, 0.1) is 6.42 Å². The molecule has 1 saturated carbocycles. The first-order valence-electron chi connectivity index (χ1n) is 8.35. The van der Waals surface area contributed by atoms with E-state index in [1.54, 1.807) is 20.8 Å². The number of nitrogens with one attached hydrogen (secondary N) is 1. The van der Waals surface area contributed by atoms with Gasteiger partial charge in [0.25, 0.3) is 0 Å². The third kappa shape index (κ3) is 5.37. The monoisotopic (exact) mass is 375 g/mol. The molecule has 8 nitrogen and oxygen atoms in total. The van der Waals surface area contributed by atoms with Crippen LogP contribution < -0.4 is 5.32 Å². The Morgan fingerprint density at radius 3 is 2.42 bits per heavy atom. The molecule has 1 fully saturated rings. The van der Waals surface area contributed by atoms with Gasteiger partial charge >= 0.3 is 12.1 Å². The van der Waals surface area contributed by atoms with Gasteiger partial charge in [0.2, 0.25) is 11.8 Å². The molecule has 2 rings (SSSR count). The van der Waals surface area contributed by atoms with Gasteiger partial charge in [-0.2, -0.15) is 4.98 Å². The molecule has 1 aromatic heterocycles. The Hall–Kier alpha value is -2.26. The summed E-state index contributed by atoms with van der Waals surface area (Å²) in [4.78, 5) is 27.0.